The van der Waals surface area contributed by atoms with Crippen molar-refractivity contribution in [2.24, 2.45) is 7.05 Å². The Morgan fingerprint density at radius 1 is 1.53 bits per heavy atom. The smallest absolute Gasteiger partial charge is 0.419 e. The normalized spacial score (nSPS) is 10.7. The van der Waals surface area contributed by atoms with Gasteiger partial charge >= 0.3 is 11.7 Å². The molecule has 1 aromatic carbocycles. The number of carbonyl (C=O) groups is 1. The van der Waals surface area contributed by atoms with Crippen molar-refractivity contribution < 1.29 is 14.3 Å². The molecule has 0 aliphatic rings. The number of hydrogen-bond acceptors (Lipinski definition) is 4. The Morgan fingerprint density at radius 3 is 2.80 bits per heavy atom. The molecule has 0 atom stereocenters. The van der Waals surface area contributed by atoms with E-state index in [1.54, 1.807) is 0 Å². The van der Waals surface area contributed by atoms with Crippen LogP contribution in [0.2, 0.25) is 0 Å². The number of anilines is 1. The van der Waals surface area contributed by atoms with Crippen LogP contribution in [0.4, 0.5) is 5.69 Å². The van der Waals surface area contributed by atoms with Gasteiger partial charge in [0.25, 0.3) is 0 Å². The summed E-state index contributed by atoms with van der Waals surface area (Å²) in [6.07, 6.45) is 0. The molecule has 0 aliphatic heterocycles. The molecule has 0 radical (unpaired) electrons. The fourth-order valence-electron chi connectivity index (χ4n) is 1.44. The van der Waals surface area contributed by atoms with E-state index >= 15 is 0 Å². The molecule has 6 heteroatoms. The largest absolute Gasteiger partial charge is 0.478 e. The molecule has 15 heavy (non-hydrogen) atoms. The lowest BCUT2D eigenvalue weighted by Gasteiger charge is -1.99. The molecule has 0 unspecified atom stereocenters. The van der Waals surface area contributed by atoms with Gasteiger partial charge in [0.2, 0.25) is 0 Å². The number of rotatable bonds is 1. The first-order valence-corrected chi connectivity index (χ1v) is 4.13. The predicted molar refractivity (Wildman–Crippen MR) is 52.8 cm³/mol. The van der Waals surface area contributed by atoms with Gasteiger partial charge in [-0.15, -0.1) is 0 Å². The maximum atomic E-state index is 11.2. The number of carboxylic acids is 1. The lowest BCUT2D eigenvalue weighted by Crippen LogP contribution is -2.09. The number of nitrogen functional groups attached to an aromatic ring is 1. The maximum absolute atomic E-state index is 11.2. The van der Waals surface area contributed by atoms with Crippen molar-refractivity contribution in [1.82, 2.24) is 4.57 Å². The summed E-state index contributed by atoms with van der Waals surface area (Å²) >= 11 is 0. The number of nitrogens with two attached hydrogens (primary N) is 1. The number of aromatic carboxylic acids is 1. The summed E-state index contributed by atoms with van der Waals surface area (Å²) in [4.78, 5) is 21.9. The van der Waals surface area contributed by atoms with Gasteiger partial charge in [0.1, 0.15) is 5.52 Å². The summed E-state index contributed by atoms with van der Waals surface area (Å²) in [6.45, 7) is 0. The molecular weight excluding hydrogens is 200 g/mol. The molecule has 0 fully saturated rings. The number of fused-ring (bicyclic) bond motifs is 1. The average molecular weight is 208 g/mol. The van der Waals surface area contributed by atoms with Crippen molar-refractivity contribution in [1.29, 1.82) is 0 Å². The summed E-state index contributed by atoms with van der Waals surface area (Å²) in [5, 5.41) is 8.76. The van der Waals surface area contributed by atoms with Crippen LogP contribution in [0.15, 0.2) is 21.3 Å². The van der Waals surface area contributed by atoms with Crippen LogP contribution in [0.25, 0.3) is 11.1 Å². The Hall–Kier alpha value is -2.24. The second-order valence-corrected chi connectivity index (χ2v) is 3.14. The van der Waals surface area contributed by atoms with E-state index in [9.17, 15) is 9.59 Å². The summed E-state index contributed by atoms with van der Waals surface area (Å²) in [6, 6.07) is 2.56. The highest BCUT2D eigenvalue weighted by atomic mass is 16.4. The molecule has 3 N–H and O–H groups in total. The van der Waals surface area contributed by atoms with E-state index in [0.717, 1.165) is 0 Å². The average Bonchev–Trinajstić information content (AvgIpc) is 2.42. The summed E-state index contributed by atoms with van der Waals surface area (Å²) < 4.78 is 6.07. The number of carboxylic acid groups (broad SMARTS) is 1. The van der Waals surface area contributed by atoms with E-state index in [-0.39, 0.29) is 16.8 Å². The topological polar surface area (TPSA) is 98.5 Å². The van der Waals surface area contributed by atoms with Crippen LogP contribution in [0.5, 0.6) is 0 Å². The highest BCUT2D eigenvalue weighted by Crippen LogP contribution is 2.21. The number of aryl methyl sites for hydroxylation is 1. The highest BCUT2D eigenvalue weighted by Gasteiger charge is 2.13. The molecule has 0 aliphatic carbocycles. The van der Waals surface area contributed by atoms with Gasteiger partial charge in [-0.3, -0.25) is 4.57 Å². The van der Waals surface area contributed by atoms with Crippen LogP contribution in [-0.4, -0.2) is 15.6 Å². The minimum atomic E-state index is -1.12. The quantitative estimate of drug-likeness (QED) is 0.661. The third-order valence-corrected chi connectivity index (χ3v) is 2.16. The van der Waals surface area contributed by atoms with Gasteiger partial charge in [0, 0.05) is 7.05 Å². The van der Waals surface area contributed by atoms with E-state index in [4.69, 9.17) is 15.3 Å². The zero-order valence-electron chi connectivity index (χ0n) is 7.85. The van der Waals surface area contributed by atoms with E-state index in [2.05, 4.69) is 0 Å². The van der Waals surface area contributed by atoms with Crippen LogP contribution < -0.4 is 11.5 Å². The van der Waals surface area contributed by atoms with Gasteiger partial charge in [-0.2, -0.15) is 0 Å². The van der Waals surface area contributed by atoms with Crippen molar-refractivity contribution in [2.75, 3.05) is 5.73 Å². The van der Waals surface area contributed by atoms with Crippen molar-refractivity contribution in [3.05, 3.63) is 28.2 Å². The second-order valence-electron chi connectivity index (χ2n) is 3.14. The Balaban J connectivity index is 2.90. The van der Waals surface area contributed by atoms with Crippen LogP contribution in [0.1, 0.15) is 10.4 Å². The Morgan fingerprint density at radius 2 is 2.20 bits per heavy atom. The van der Waals surface area contributed by atoms with E-state index in [0.29, 0.717) is 5.52 Å². The van der Waals surface area contributed by atoms with Gasteiger partial charge in [-0.05, 0) is 12.1 Å². The third-order valence-electron chi connectivity index (χ3n) is 2.16. The summed E-state index contributed by atoms with van der Waals surface area (Å²) in [5.74, 6) is -1.69. The zero-order valence-corrected chi connectivity index (χ0v) is 7.85. The minimum absolute atomic E-state index is 0.00523. The van der Waals surface area contributed by atoms with Gasteiger partial charge in [-0.1, -0.05) is 0 Å². The number of hydrogen-bond donors (Lipinski definition) is 2. The lowest BCUT2D eigenvalue weighted by molar-refractivity contribution is 0.0697. The Kier molecular flexibility index (Phi) is 1.79. The van der Waals surface area contributed by atoms with Crippen LogP contribution >= 0.6 is 0 Å². The van der Waals surface area contributed by atoms with Crippen LogP contribution in [0.3, 0.4) is 0 Å². The predicted octanol–water partition coefficient (Wildman–Crippen LogP) is 0.412. The Bertz CT molecular complexity index is 608. The molecule has 6 nitrogen and oxygen atoms in total. The molecule has 0 bridgehead atoms. The zero-order chi connectivity index (χ0) is 11.2. The van der Waals surface area contributed by atoms with Crippen LogP contribution in [0, 0.1) is 0 Å². The standard InChI is InChI=1S/C9H8N2O4/c1-11-7-5(10)2-4(8(12)13)3-6(7)15-9(11)14/h2-3H,10H2,1H3,(H,12,13). The van der Waals surface area contributed by atoms with Crippen molar-refractivity contribution in [3.63, 3.8) is 0 Å². The maximum Gasteiger partial charge on any atom is 0.419 e. The first-order chi connectivity index (χ1) is 7.00. The molecule has 1 heterocycles. The number of nitrogens with zero attached hydrogens (tertiary/aromatic N) is 1. The van der Waals surface area contributed by atoms with Crippen molar-refractivity contribution in [2.45, 2.75) is 0 Å². The first-order valence-electron chi connectivity index (χ1n) is 4.13. The van der Waals surface area contributed by atoms with Crippen LogP contribution in [-0.2, 0) is 7.05 Å². The lowest BCUT2D eigenvalue weighted by atomic mass is 10.2. The SMILES string of the molecule is Cn1c(=O)oc2cc(C(=O)O)cc(N)c21. The molecular formula is C9H8N2O4. The van der Waals surface area contributed by atoms with Crippen molar-refractivity contribution in [3.8, 4) is 0 Å². The molecule has 0 spiro atoms. The van der Waals surface area contributed by atoms with E-state index in [1.165, 1.54) is 23.7 Å². The minimum Gasteiger partial charge on any atom is -0.478 e. The van der Waals surface area contributed by atoms with Gasteiger partial charge in [0.05, 0.1) is 11.3 Å². The first kappa shape index (κ1) is 9.32. The molecule has 0 amide bonds. The number of oxazole rings is 1. The summed E-state index contributed by atoms with van der Waals surface area (Å²) in [5.41, 5.74) is 6.42. The van der Waals surface area contributed by atoms with Gasteiger partial charge < -0.3 is 15.3 Å². The summed E-state index contributed by atoms with van der Waals surface area (Å²) in [7, 11) is 1.50. The number of benzene rings is 1. The molecule has 2 aromatic rings. The third kappa shape index (κ3) is 1.26. The second kappa shape index (κ2) is 2.88. The van der Waals surface area contributed by atoms with E-state index < -0.39 is 11.7 Å². The molecule has 1 aromatic heterocycles. The molecule has 78 valence electrons. The highest BCUT2D eigenvalue weighted by molar-refractivity contribution is 5.96. The van der Waals surface area contributed by atoms with Gasteiger partial charge in [-0.25, -0.2) is 9.59 Å². The Labute approximate surface area is 83.5 Å². The molecule has 2 rings (SSSR count). The fourth-order valence-corrected chi connectivity index (χ4v) is 1.44. The number of aromatic nitrogens is 1. The fraction of sp³-hybridized carbons (Fsp3) is 0.111. The monoisotopic (exact) mass is 208 g/mol. The van der Waals surface area contributed by atoms with Crippen molar-refractivity contribution >= 4 is 22.8 Å². The molecule has 0 saturated heterocycles. The van der Waals surface area contributed by atoms with E-state index in [1.807, 2.05) is 0 Å². The van der Waals surface area contributed by atoms with Gasteiger partial charge in [0.15, 0.2) is 5.58 Å². The molecule has 0 saturated carbocycles.